The molecule has 0 saturated carbocycles. The summed E-state index contributed by atoms with van der Waals surface area (Å²) in [7, 11) is 1.59. The molecule has 0 heterocycles. The number of aldehydes is 1. The van der Waals surface area contributed by atoms with Crippen molar-refractivity contribution in [3.05, 3.63) is 29.8 Å². The maximum atomic E-state index is 11.6. The van der Waals surface area contributed by atoms with Crippen LogP contribution in [0.25, 0.3) is 0 Å². The van der Waals surface area contributed by atoms with Gasteiger partial charge in [0.1, 0.15) is 18.6 Å². The predicted molar refractivity (Wildman–Crippen MR) is 79.1 cm³/mol. The Balaban J connectivity index is 2.32. The second-order valence-corrected chi connectivity index (χ2v) is 4.60. The lowest BCUT2D eigenvalue weighted by Gasteiger charge is -2.12. The zero-order chi connectivity index (χ0) is 15.5. The highest BCUT2D eigenvalue weighted by atomic mass is 16.5. The molecule has 116 valence electrons. The summed E-state index contributed by atoms with van der Waals surface area (Å²) in [5.74, 6) is 0.740. The van der Waals surface area contributed by atoms with Crippen molar-refractivity contribution >= 4 is 12.4 Å². The predicted octanol–water partition coefficient (Wildman–Crippen LogP) is 1.62. The number of benzene rings is 1. The fourth-order valence-corrected chi connectivity index (χ4v) is 1.75. The number of methoxy groups -OCH3 is 1. The molecule has 6 heteroatoms. The maximum Gasteiger partial charge on any atom is 0.408 e. The molecule has 0 aromatic heterocycles. The molecule has 0 saturated heterocycles. The SMILES string of the molecule is COc1ccc(COC(=O)N[C@H](C=O)CCCCN)cc1. The number of rotatable bonds is 9. The molecule has 0 radical (unpaired) electrons. The fourth-order valence-electron chi connectivity index (χ4n) is 1.75. The summed E-state index contributed by atoms with van der Waals surface area (Å²) in [5.41, 5.74) is 6.23. The zero-order valence-electron chi connectivity index (χ0n) is 12.2. The minimum absolute atomic E-state index is 0.143. The van der Waals surface area contributed by atoms with Crippen LogP contribution in [0, 0.1) is 0 Å². The number of nitrogens with one attached hydrogen (secondary N) is 1. The van der Waals surface area contributed by atoms with Crippen LogP contribution in [0.3, 0.4) is 0 Å². The van der Waals surface area contributed by atoms with Gasteiger partial charge >= 0.3 is 6.09 Å². The highest BCUT2D eigenvalue weighted by molar-refractivity contribution is 5.73. The van der Waals surface area contributed by atoms with Gasteiger partial charge in [-0.3, -0.25) is 0 Å². The standard InChI is InChI=1S/C15H22N2O4/c1-20-14-7-5-12(6-8-14)11-21-15(19)17-13(10-18)4-2-3-9-16/h5-8,10,13H,2-4,9,11,16H2,1H3,(H,17,19)/t13-/m0/s1. The molecule has 0 unspecified atom stereocenters. The van der Waals surface area contributed by atoms with Crippen LogP contribution in [0.15, 0.2) is 24.3 Å². The minimum Gasteiger partial charge on any atom is -0.497 e. The van der Waals surface area contributed by atoms with Crippen molar-refractivity contribution in [3.63, 3.8) is 0 Å². The van der Waals surface area contributed by atoms with Gasteiger partial charge in [0.2, 0.25) is 0 Å². The summed E-state index contributed by atoms with van der Waals surface area (Å²) in [6.07, 6.45) is 2.30. The first kappa shape index (κ1) is 17.0. The Kier molecular flexibility index (Phi) is 7.89. The number of hydrogen-bond donors (Lipinski definition) is 2. The second kappa shape index (κ2) is 9.77. The first-order chi connectivity index (χ1) is 10.2. The molecule has 1 atom stereocenters. The molecule has 6 nitrogen and oxygen atoms in total. The molecule has 21 heavy (non-hydrogen) atoms. The van der Waals surface area contributed by atoms with Gasteiger partial charge in [0, 0.05) is 0 Å². The summed E-state index contributed by atoms with van der Waals surface area (Å²) in [6, 6.07) is 6.67. The van der Waals surface area contributed by atoms with Crippen LogP contribution in [0.4, 0.5) is 4.79 Å². The van der Waals surface area contributed by atoms with Gasteiger partial charge in [-0.15, -0.1) is 0 Å². The van der Waals surface area contributed by atoms with Gasteiger partial charge in [-0.05, 0) is 43.5 Å². The Hall–Kier alpha value is -2.08. The van der Waals surface area contributed by atoms with E-state index in [0.29, 0.717) is 19.3 Å². The summed E-state index contributed by atoms with van der Waals surface area (Å²) < 4.78 is 10.1. The number of hydrogen-bond acceptors (Lipinski definition) is 5. The van der Waals surface area contributed by atoms with Crippen molar-refractivity contribution in [3.8, 4) is 5.75 Å². The van der Waals surface area contributed by atoms with Crippen molar-refractivity contribution in [1.82, 2.24) is 5.32 Å². The lowest BCUT2D eigenvalue weighted by atomic mass is 10.1. The van der Waals surface area contributed by atoms with Crippen molar-refractivity contribution in [2.45, 2.75) is 31.9 Å². The zero-order valence-corrected chi connectivity index (χ0v) is 12.2. The van der Waals surface area contributed by atoms with Crippen molar-refractivity contribution < 1.29 is 19.1 Å². The summed E-state index contributed by atoms with van der Waals surface area (Å²) in [4.78, 5) is 22.5. The number of amides is 1. The molecule has 0 fully saturated rings. The first-order valence-electron chi connectivity index (χ1n) is 6.91. The topological polar surface area (TPSA) is 90.6 Å². The Morgan fingerprint density at radius 2 is 2.05 bits per heavy atom. The summed E-state index contributed by atoms with van der Waals surface area (Å²) in [6.45, 7) is 0.720. The Bertz CT molecular complexity index is 434. The molecule has 1 aromatic rings. The molecule has 0 aliphatic carbocycles. The van der Waals surface area contributed by atoms with E-state index in [1.54, 1.807) is 19.2 Å². The van der Waals surface area contributed by atoms with E-state index >= 15 is 0 Å². The fraction of sp³-hybridized carbons (Fsp3) is 0.467. The molecule has 1 aromatic carbocycles. The van der Waals surface area contributed by atoms with E-state index in [2.05, 4.69) is 5.32 Å². The normalized spacial score (nSPS) is 11.5. The highest BCUT2D eigenvalue weighted by Crippen LogP contribution is 2.12. The van der Waals surface area contributed by atoms with Crippen LogP contribution < -0.4 is 15.8 Å². The Morgan fingerprint density at radius 3 is 2.62 bits per heavy atom. The van der Waals surface area contributed by atoms with Crippen LogP contribution in [-0.2, 0) is 16.1 Å². The smallest absolute Gasteiger partial charge is 0.408 e. The van der Waals surface area contributed by atoms with Crippen molar-refractivity contribution in [2.75, 3.05) is 13.7 Å². The number of carbonyl (C=O) groups excluding carboxylic acids is 2. The molecule has 0 spiro atoms. The Morgan fingerprint density at radius 1 is 1.33 bits per heavy atom. The average molecular weight is 294 g/mol. The Labute approximate surface area is 124 Å². The van der Waals surface area contributed by atoms with Crippen LogP contribution in [-0.4, -0.2) is 32.1 Å². The van der Waals surface area contributed by atoms with E-state index in [4.69, 9.17) is 15.2 Å². The number of unbranched alkanes of at least 4 members (excludes halogenated alkanes) is 1. The van der Waals surface area contributed by atoms with Gasteiger partial charge < -0.3 is 25.3 Å². The second-order valence-electron chi connectivity index (χ2n) is 4.60. The van der Waals surface area contributed by atoms with E-state index in [1.807, 2.05) is 12.1 Å². The first-order valence-corrected chi connectivity index (χ1v) is 6.91. The third-order valence-electron chi connectivity index (χ3n) is 2.97. The molecule has 1 amide bonds. The van der Waals surface area contributed by atoms with Gasteiger partial charge in [0.25, 0.3) is 0 Å². The lowest BCUT2D eigenvalue weighted by Crippen LogP contribution is -2.36. The van der Waals surface area contributed by atoms with Gasteiger partial charge in [-0.1, -0.05) is 12.1 Å². The highest BCUT2D eigenvalue weighted by Gasteiger charge is 2.11. The largest absolute Gasteiger partial charge is 0.497 e. The lowest BCUT2D eigenvalue weighted by molar-refractivity contribution is -0.109. The van der Waals surface area contributed by atoms with Gasteiger partial charge in [0.15, 0.2) is 0 Å². The summed E-state index contributed by atoms with van der Waals surface area (Å²) in [5, 5.41) is 2.52. The molecule has 0 bridgehead atoms. The number of nitrogens with two attached hydrogens (primary N) is 1. The molecular weight excluding hydrogens is 272 g/mol. The number of carbonyl (C=O) groups is 2. The molecule has 0 aliphatic rings. The third-order valence-corrected chi connectivity index (χ3v) is 2.97. The monoisotopic (exact) mass is 294 g/mol. The van der Waals surface area contributed by atoms with Gasteiger partial charge in [-0.25, -0.2) is 4.79 Å². The molecule has 3 N–H and O–H groups in total. The van der Waals surface area contributed by atoms with Crippen LogP contribution >= 0.6 is 0 Å². The van der Waals surface area contributed by atoms with Crippen LogP contribution in [0.1, 0.15) is 24.8 Å². The van der Waals surface area contributed by atoms with Gasteiger partial charge in [-0.2, -0.15) is 0 Å². The minimum atomic E-state index is -0.601. The maximum absolute atomic E-state index is 11.6. The number of alkyl carbamates (subject to hydrolysis) is 1. The average Bonchev–Trinajstić information content (AvgIpc) is 2.52. The molecular formula is C15H22N2O4. The van der Waals surface area contributed by atoms with Crippen molar-refractivity contribution in [1.29, 1.82) is 0 Å². The van der Waals surface area contributed by atoms with Gasteiger partial charge in [0.05, 0.1) is 13.2 Å². The van der Waals surface area contributed by atoms with Crippen molar-refractivity contribution in [2.24, 2.45) is 5.73 Å². The van der Waals surface area contributed by atoms with E-state index in [-0.39, 0.29) is 6.61 Å². The summed E-state index contributed by atoms with van der Waals surface area (Å²) >= 11 is 0. The quantitative estimate of drug-likeness (QED) is 0.533. The molecule has 0 aliphatic heterocycles. The van der Waals surface area contributed by atoms with E-state index in [0.717, 1.165) is 24.2 Å². The van der Waals surface area contributed by atoms with E-state index < -0.39 is 12.1 Å². The van der Waals surface area contributed by atoms with Crippen LogP contribution in [0.5, 0.6) is 5.75 Å². The third kappa shape index (κ3) is 6.76. The van der Waals surface area contributed by atoms with E-state index in [1.165, 1.54) is 0 Å². The number of ether oxygens (including phenoxy) is 2. The van der Waals surface area contributed by atoms with Crippen LogP contribution in [0.2, 0.25) is 0 Å². The van der Waals surface area contributed by atoms with E-state index in [9.17, 15) is 9.59 Å². The molecule has 1 rings (SSSR count).